The highest BCUT2D eigenvalue weighted by Gasteiger charge is 2.08. The molecule has 112 valence electrons. The van der Waals surface area contributed by atoms with E-state index in [9.17, 15) is 4.79 Å². The highest BCUT2D eigenvalue weighted by atomic mass is 16.5. The molecule has 0 radical (unpaired) electrons. The first-order chi connectivity index (χ1) is 10.2. The van der Waals surface area contributed by atoms with Crippen LogP contribution in [0, 0.1) is 0 Å². The summed E-state index contributed by atoms with van der Waals surface area (Å²) in [6.07, 6.45) is 1.25. The first-order valence-electron chi connectivity index (χ1n) is 6.86. The van der Waals surface area contributed by atoms with Gasteiger partial charge in [-0.15, -0.1) is 0 Å². The number of furan rings is 1. The highest BCUT2D eigenvalue weighted by Crippen LogP contribution is 2.11. The molecular weight excluding hydrogens is 270 g/mol. The molecule has 0 aliphatic rings. The van der Waals surface area contributed by atoms with Gasteiger partial charge in [0, 0.05) is 13.2 Å². The van der Waals surface area contributed by atoms with E-state index in [1.54, 1.807) is 0 Å². The lowest BCUT2D eigenvalue weighted by molar-refractivity contribution is 0.0696. The maximum atomic E-state index is 10.8. The van der Waals surface area contributed by atoms with Crippen LogP contribution in [0.1, 0.15) is 34.2 Å². The van der Waals surface area contributed by atoms with Crippen LogP contribution in [-0.2, 0) is 24.4 Å². The molecule has 0 spiro atoms. The number of carboxylic acid groups (broad SMARTS) is 1. The van der Waals surface area contributed by atoms with Crippen molar-refractivity contribution >= 4 is 5.97 Å². The molecule has 5 nitrogen and oxygen atoms in total. The number of rotatable bonds is 8. The number of carboxylic acids is 1. The third-order valence-corrected chi connectivity index (χ3v) is 3.10. The average molecular weight is 289 g/mol. The van der Waals surface area contributed by atoms with Gasteiger partial charge in [-0.25, -0.2) is 4.79 Å². The van der Waals surface area contributed by atoms with Gasteiger partial charge in [-0.3, -0.25) is 0 Å². The Morgan fingerprint density at radius 1 is 1.29 bits per heavy atom. The lowest BCUT2D eigenvalue weighted by Crippen LogP contribution is -2.14. The van der Waals surface area contributed by atoms with Gasteiger partial charge in [0.1, 0.15) is 12.0 Å². The quantitative estimate of drug-likeness (QED) is 0.782. The van der Waals surface area contributed by atoms with Gasteiger partial charge in [0.2, 0.25) is 0 Å². The van der Waals surface area contributed by atoms with E-state index >= 15 is 0 Å². The number of ether oxygens (including phenoxy) is 1. The molecular formula is C16H19NO4. The van der Waals surface area contributed by atoms with E-state index in [0.29, 0.717) is 32.1 Å². The van der Waals surface area contributed by atoms with Gasteiger partial charge < -0.3 is 19.6 Å². The van der Waals surface area contributed by atoms with E-state index in [4.69, 9.17) is 14.3 Å². The smallest absolute Gasteiger partial charge is 0.338 e. The zero-order valence-corrected chi connectivity index (χ0v) is 12.0. The Kier molecular flexibility index (Phi) is 5.54. The molecule has 0 amide bonds. The molecule has 2 aromatic rings. The van der Waals surface area contributed by atoms with E-state index in [-0.39, 0.29) is 5.56 Å². The number of benzene rings is 1. The van der Waals surface area contributed by atoms with Gasteiger partial charge in [-0.1, -0.05) is 24.3 Å². The lowest BCUT2D eigenvalue weighted by atomic mass is 10.1. The van der Waals surface area contributed by atoms with E-state index in [0.717, 1.165) is 11.1 Å². The van der Waals surface area contributed by atoms with Crippen molar-refractivity contribution < 1.29 is 19.1 Å². The van der Waals surface area contributed by atoms with Crippen LogP contribution < -0.4 is 5.32 Å². The van der Waals surface area contributed by atoms with Crippen molar-refractivity contribution in [3.05, 3.63) is 59.0 Å². The van der Waals surface area contributed by atoms with Crippen molar-refractivity contribution in [1.82, 2.24) is 5.32 Å². The molecule has 0 unspecified atom stereocenters. The maximum absolute atomic E-state index is 10.8. The summed E-state index contributed by atoms with van der Waals surface area (Å²) in [4.78, 5) is 10.8. The standard InChI is InChI=1S/C16H19NO4/c1-2-20-10-13-6-4-3-5-12(13)8-17-9-15-7-14(11-21-15)16(18)19/h3-7,11,17H,2,8-10H2,1H3,(H,18,19). The Morgan fingerprint density at radius 2 is 2.05 bits per heavy atom. The monoisotopic (exact) mass is 289 g/mol. The maximum Gasteiger partial charge on any atom is 0.338 e. The highest BCUT2D eigenvalue weighted by molar-refractivity contribution is 5.87. The molecule has 0 atom stereocenters. The minimum absolute atomic E-state index is 0.170. The Balaban J connectivity index is 1.89. The SMILES string of the molecule is CCOCc1ccccc1CNCc1cc(C(=O)O)co1. The van der Waals surface area contributed by atoms with Crippen LogP contribution in [-0.4, -0.2) is 17.7 Å². The molecule has 0 saturated heterocycles. The molecule has 1 aromatic carbocycles. The lowest BCUT2D eigenvalue weighted by Gasteiger charge is -2.10. The second-order valence-corrected chi connectivity index (χ2v) is 4.62. The molecule has 1 aromatic heterocycles. The molecule has 2 rings (SSSR count). The normalized spacial score (nSPS) is 10.7. The van der Waals surface area contributed by atoms with Gasteiger partial charge in [0.25, 0.3) is 0 Å². The summed E-state index contributed by atoms with van der Waals surface area (Å²) in [7, 11) is 0. The minimum Gasteiger partial charge on any atom is -0.478 e. The Bertz CT molecular complexity index is 591. The molecule has 0 saturated carbocycles. The van der Waals surface area contributed by atoms with E-state index in [2.05, 4.69) is 5.32 Å². The Hall–Kier alpha value is -2.11. The third-order valence-electron chi connectivity index (χ3n) is 3.10. The van der Waals surface area contributed by atoms with Gasteiger partial charge in [0.05, 0.1) is 18.7 Å². The van der Waals surface area contributed by atoms with Crippen molar-refractivity contribution in [2.45, 2.75) is 26.6 Å². The molecule has 21 heavy (non-hydrogen) atoms. The van der Waals surface area contributed by atoms with Crippen molar-refractivity contribution in [2.24, 2.45) is 0 Å². The molecule has 0 bridgehead atoms. The van der Waals surface area contributed by atoms with Crippen LogP contribution in [0.4, 0.5) is 0 Å². The largest absolute Gasteiger partial charge is 0.478 e. The average Bonchev–Trinajstić information content (AvgIpc) is 2.95. The predicted molar refractivity (Wildman–Crippen MR) is 78.0 cm³/mol. The molecule has 1 heterocycles. The van der Waals surface area contributed by atoms with Crippen molar-refractivity contribution in [3.8, 4) is 0 Å². The molecule has 2 N–H and O–H groups in total. The van der Waals surface area contributed by atoms with Gasteiger partial charge >= 0.3 is 5.97 Å². The Labute approximate surface area is 123 Å². The summed E-state index contributed by atoms with van der Waals surface area (Å²) in [5.41, 5.74) is 2.48. The number of aromatic carboxylic acids is 1. The molecule has 0 fully saturated rings. The van der Waals surface area contributed by atoms with E-state index in [1.165, 1.54) is 12.3 Å². The number of carbonyl (C=O) groups is 1. The van der Waals surface area contributed by atoms with Gasteiger partial charge in [-0.2, -0.15) is 0 Å². The van der Waals surface area contributed by atoms with Gasteiger partial charge in [-0.05, 0) is 24.1 Å². The topological polar surface area (TPSA) is 71.7 Å². The first-order valence-corrected chi connectivity index (χ1v) is 6.86. The number of hydrogen-bond donors (Lipinski definition) is 2. The van der Waals surface area contributed by atoms with Crippen molar-refractivity contribution in [2.75, 3.05) is 6.61 Å². The first kappa shape index (κ1) is 15.3. The van der Waals surface area contributed by atoms with Crippen LogP contribution in [0.25, 0.3) is 0 Å². The zero-order valence-electron chi connectivity index (χ0n) is 12.0. The second-order valence-electron chi connectivity index (χ2n) is 4.62. The fraction of sp³-hybridized carbons (Fsp3) is 0.312. The van der Waals surface area contributed by atoms with E-state index < -0.39 is 5.97 Å². The van der Waals surface area contributed by atoms with Crippen molar-refractivity contribution in [1.29, 1.82) is 0 Å². The minimum atomic E-state index is -0.980. The molecule has 0 aliphatic carbocycles. The number of nitrogens with one attached hydrogen (secondary N) is 1. The Morgan fingerprint density at radius 3 is 2.71 bits per heavy atom. The summed E-state index contributed by atoms with van der Waals surface area (Å²) in [6.45, 7) is 4.41. The number of hydrogen-bond acceptors (Lipinski definition) is 4. The van der Waals surface area contributed by atoms with Crippen LogP contribution in [0.2, 0.25) is 0 Å². The van der Waals surface area contributed by atoms with E-state index in [1.807, 2.05) is 31.2 Å². The fourth-order valence-corrected chi connectivity index (χ4v) is 1.99. The molecule has 0 aliphatic heterocycles. The van der Waals surface area contributed by atoms with Crippen LogP contribution in [0.15, 0.2) is 41.0 Å². The summed E-state index contributed by atoms with van der Waals surface area (Å²) >= 11 is 0. The summed E-state index contributed by atoms with van der Waals surface area (Å²) < 4.78 is 10.6. The third kappa shape index (κ3) is 4.44. The van der Waals surface area contributed by atoms with Crippen LogP contribution in [0.5, 0.6) is 0 Å². The molecule has 5 heteroatoms. The zero-order chi connectivity index (χ0) is 15.1. The summed E-state index contributed by atoms with van der Waals surface area (Å²) in [5.74, 6) is -0.373. The summed E-state index contributed by atoms with van der Waals surface area (Å²) in [5, 5.41) is 12.1. The van der Waals surface area contributed by atoms with Crippen LogP contribution in [0.3, 0.4) is 0 Å². The summed E-state index contributed by atoms with van der Waals surface area (Å²) in [6, 6.07) is 9.60. The van der Waals surface area contributed by atoms with Gasteiger partial charge in [0.15, 0.2) is 0 Å². The van der Waals surface area contributed by atoms with Crippen molar-refractivity contribution in [3.63, 3.8) is 0 Å². The predicted octanol–water partition coefficient (Wildman–Crippen LogP) is 2.80. The second kappa shape index (κ2) is 7.61. The van der Waals surface area contributed by atoms with Crippen LogP contribution >= 0.6 is 0 Å². The fourth-order valence-electron chi connectivity index (χ4n) is 1.99.